The molecule has 0 aliphatic rings. The van der Waals surface area contributed by atoms with Gasteiger partial charge in [-0.25, -0.2) is 15.0 Å². The van der Waals surface area contributed by atoms with Crippen molar-refractivity contribution in [3.63, 3.8) is 0 Å². The summed E-state index contributed by atoms with van der Waals surface area (Å²) in [6.07, 6.45) is 0. The van der Waals surface area contributed by atoms with Gasteiger partial charge in [0.25, 0.3) is 0 Å². The number of hydrogen-bond donors (Lipinski definition) is 0. The van der Waals surface area contributed by atoms with Crippen LogP contribution in [0.4, 0.5) is 0 Å². The van der Waals surface area contributed by atoms with Gasteiger partial charge in [-0.3, -0.25) is 0 Å². The van der Waals surface area contributed by atoms with Crippen molar-refractivity contribution in [1.29, 1.82) is 0 Å². The van der Waals surface area contributed by atoms with Crippen molar-refractivity contribution >= 4 is 53.3 Å². The van der Waals surface area contributed by atoms with Crippen LogP contribution in [-0.4, -0.2) is 19.5 Å². The molecule has 62 heavy (non-hydrogen) atoms. The molecule has 4 nitrogen and oxygen atoms in total. The number of thiophene rings is 1. The van der Waals surface area contributed by atoms with Gasteiger partial charge in [-0.1, -0.05) is 170 Å². The third-order valence-electron chi connectivity index (χ3n) is 10.5. The minimum absolute atomic E-state index is 0.00236. The normalized spacial score (nSPS) is 15.8. The predicted octanol–water partition coefficient (Wildman–Crippen LogP) is 15.3. The molecule has 5 heteroatoms. The van der Waals surface area contributed by atoms with Crippen LogP contribution >= 0.6 is 11.3 Å². The molecule has 0 bridgehead atoms. The van der Waals surface area contributed by atoms with Gasteiger partial charge in [0.05, 0.1) is 42.8 Å². The number of hydrogen-bond acceptors (Lipinski definition) is 4. The lowest BCUT2D eigenvalue weighted by molar-refractivity contribution is 1.06. The fourth-order valence-electron chi connectivity index (χ4n) is 7.57. The first-order valence-electron chi connectivity index (χ1n) is 28.8. The molecule has 0 spiro atoms. The van der Waals surface area contributed by atoms with Crippen LogP contribution in [0.3, 0.4) is 0 Å². The highest BCUT2D eigenvalue weighted by Crippen LogP contribution is 2.41. The summed E-state index contributed by atoms with van der Waals surface area (Å²) < 4.78 is 173. The standard InChI is InChI=1S/C57H36N4S/c1-4-15-37(16-5-1)40-21-14-22-44(33-40)56-58-55(39-19-8-3-9-20-39)59-57(60-56)49-35-42(43-27-30-47-46-24-11-13-26-53(46)62-54(47)36-43)29-32-52(49)61-50-25-12-10-23-45(50)48-34-41(28-31-51(48)61)38-17-6-2-7-18-38/h1-36H/i2D,6D,7D,10D,11D,12D,13D,17D,18D,23D,24D,25D,26D,27D,28D,30D,31D,34D,36D. The molecular weight excluding hydrogens is 773 g/mol. The Hall–Kier alpha value is -7.99. The first-order chi connectivity index (χ1) is 38.6. The van der Waals surface area contributed by atoms with E-state index in [9.17, 15) is 11.0 Å². The van der Waals surface area contributed by atoms with E-state index in [2.05, 4.69) is 0 Å². The van der Waals surface area contributed by atoms with E-state index in [0.29, 0.717) is 11.1 Å². The van der Waals surface area contributed by atoms with Crippen LogP contribution in [0.25, 0.3) is 115 Å². The van der Waals surface area contributed by atoms with Gasteiger partial charge in [0.2, 0.25) is 0 Å². The second-order valence-corrected chi connectivity index (χ2v) is 15.2. The molecule has 0 fully saturated rings. The van der Waals surface area contributed by atoms with E-state index in [1.165, 1.54) is 22.8 Å². The Labute approximate surface area is 389 Å². The molecule has 0 unspecified atom stereocenters. The van der Waals surface area contributed by atoms with E-state index >= 15 is 0 Å². The summed E-state index contributed by atoms with van der Waals surface area (Å²) in [5, 5.41) is -0.633. The summed E-state index contributed by atoms with van der Waals surface area (Å²) in [6, 6.07) is 18.7. The highest BCUT2D eigenvalue weighted by atomic mass is 32.1. The molecule has 3 aromatic heterocycles. The number of fused-ring (bicyclic) bond motifs is 6. The quantitative estimate of drug-likeness (QED) is 0.161. The number of nitrogens with zero attached hydrogens (tertiary/aromatic N) is 4. The van der Waals surface area contributed by atoms with E-state index in [0.717, 1.165) is 22.5 Å². The van der Waals surface area contributed by atoms with Gasteiger partial charge in [-0.15, -0.1) is 11.3 Å². The third-order valence-corrected chi connectivity index (χ3v) is 11.5. The molecule has 0 N–H and O–H groups in total. The Balaban J connectivity index is 1.24. The maximum absolute atomic E-state index is 9.82. The Morgan fingerprint density at radius 1 is 0.371 bits per heavy atom. The fraction of sp³-hybridized carbons (Fsp3) is 0. The van der Waals surface area contributed by atoms with Gasteiger partial charge in [0.1, 0.15) is 0 Å². The summed E-state index contributed by atoms with van der Waals surface area (Å²) in [7, 11) is 0. The smallest absolute Gasteiger partial charge is 0.166 e. The van der Waals surface area contributed by atoms with Gasteiger partial charge in [0, 0.05) is 47.6 Å². The molecule has 0 aliphatic heterocycles. The molecule has 0 atom stereocenters. The molecule has 0 radical (unpaired) electrons. The van der Waals surface area contributed by atoms with Crippen molar-refractivity contribution in [3.05, 3.63) is 218 Å². The van der Waals surface area contributed by atoms with Crippen LogP contribution in [0.15, 0.2) is 218 Å². The Morgan fingerprint density at radius 2 is 0.984 bits per heavy atom. The molecular formula is C57H36N4S. The van der Waals surface area contributed by atoms with Gasteiger partial charge in [-0.05, 0) is 81.8 Å². The molecule has 3 heterocycles. The number of benzene rings is 9. The van der Waals surface area contributed by atoms with E-state index < -0.39 is 114 Å². The second kappa shape index (κ2) is 14.9. The predicted molar refractivity (Wildman–Crippen MR) is 260 cm³/mol. The lowest BCUT2D eigenvalue weighted by atomic mass is 9.99. The van der Waals surface area contributed by atoms with E-state index in [4.69, 9.17) is 30.0 Å². The van der Waals surface area contributed by atoms with Crippen molar-refractivity contribution in [2.45, 2.75) is 0 Å². The minimum Gasteiger partial charge on any atom is -0.309 e. The van der Waals surface area contributed by atoms with Gasteiger partial charge in [-0.2, -0.15) is 0 Å². The summed E-state index contributed by atoms with van der Waals surface area (Å²) in [5.74, 6) is 0.229. The number of rotatable bonds is 7. The summed E-state index contributed by atoms with van der Waals surface area (Å²) in [6.45, 7) is 0. The van der Waals surface area contributed by atoms with Crippen molar-refractivity contribution in [2.24, 2.45) is 0 Å². The van der Waals surface area contributed by atoms with E-state index in [1.54, 1.807) is 30.3 Å². The van der Waals surface area contributed by atoms with Gasteiger partial charge < -0.3 is 4.57 Å². The molecule has 9 aromatic carbocycles. The molecule has 0 amide bonds. The van der Waals surface area contributed by atoms with Crippen LogP contribution in [0.1, 0.15) is 26.0 Å². The zero-order valence-corrected chi connectivity index (χ0v) is 32.8. The van der Waals surface area contributed by atoms with Crippen molar-refractivity contribution in [1.82, 2.24) is 19.5 Å². The topological polar surface area (TPSA) is 43.6 Å². The summed E-state index contributed by atoms with van der Waals surface area (Å²) in [4.78, 5) is 15.1. The number of para-hydroxylation sites is 1. The highest BCUT2D eigenvalue weighted by molar-refractivity contribution is 7.25. The fourth-order valence-corrected chi connectivity index (χ4v) is 8.54. The molecule has 12 aromatic rings. The molecule has 0 saturated heterocycles. The summed E-state index contributed by atoms with van der Waals surface area (Å²) >= 11 is 0.880. The van der Waals surface area contributed by atoms with Gasteiger partial charge in [0.15, 0.2) is 17.5 Å². The van der Waals surface area contributed by atoms with Crippen molar-refractivity contribution < 1.29 is 26.0 Å². The molecule has 12 rings (SSSR count). The average Bonchev–Trinajstić information content (AvgIpc) is 2.36. The second-order valence-electron chi connectivity index (χ2n) is 14.1. The lowest BCUT2D eigenvalue weighted by Gasteiger charge is -2.16. The van der Waals surface area contributed by atoms with Crippen LogP contribution in [0.2, 0.25) is 0 Å². The Morgan fingerprint density at radius 3 is 1.82 bits per heavy atom. The zero-order valence-electron chi connectivity index (χ0n) is 51.0. The maximum Gasteiger partial charge on any atom is 0.166 e. The third kappa shape index (κ3) is 6.26. The highest BCUT2D eigenvalue weighted by Gasteiger charge is 2.21. The van der Waals surface area contributed by atoms with Crippen LogP contribution in [-0.2, 0) is 0 Å². The molecule has 0 aliphatic carbocycles. The van der Waals surface area contributed by atoms with Crippen LogP contribution in [0.5, 0.6) is 0 Å². The van der Waals surface area contributed by atoms with Crippen molar-refractivity contribution in [3.8, 4) is 73.2 Å². The minimum atomic E-state index is -0.772. The maximum atomic E-state index is 9.82. The summed E-state index contributed by atoms with van der Waals surface area (Å²) in [5.41, 5.74) is 1.09. The van der Waals surface area contributed by atoms with E-state index in [-0.39, 0.29) is 93.9 Å². The zero-order chi connectivity index (χ0) is 57.5. The van der Waals surface area contributed by atoms with Gasteiger partial charge >= 0.3 is 0 Å². The molecule has 290 valence electrons. The Kier molecular flexibility index (Phi) is 5.18. The van der Waals surface area contributed by atoms with Crippen molar-refractivity contribution in [2.75, 3.05) is 0 Å². The average molecular weight is 828 g/mol. The Bertz CT molecular complexity index is 4730. The SMILES string of the molecule is [2H]c1c([2H])c([2H])c(-c2c([2H])c([2H])c3c(c2[2H])c2c([2H])c([2H])c([2H])c([2H])c2n3-c2ccc(-c3c([2H])c([2H])c4c(sc5c([2H])c([2H])c([2H])c([2H])c54)c3[2H])cc2-c2nc(-c3ccccc3)nc(-c3cccc(-c4ccccc4)c3)n2)c([2H])c1[2H]. The molecule has 0 saturated carbocycles. The lowest BCUT2D eigenvalue weighted by Crippen LogP contribution is -2.04. The number of aromatic nitrogens is 4. The first-order valence-corrected chi connectivity index (χ1v) is 20.1. The monoisotopic (exact) mass is 827 g/mol. The largest absolute Gasteiger partial charge is 0.309 e. The first kappa shape index (κ1) is 21.5. The van der Waals surface area contributed by atoms with Crippen LogP contribution in [0, 0.1) is 0 Å². The van der Waals surface area contributed by atoms with Crippen LogP contribution < -0.4 is 0 Å². The van der Waals surface area contributed by atoms with E-state index in [1.807, 2.05) is 54.6 Å².